The molecule has 1 radical (unpaired) electrons. The van der Waals surface area contributed by atoms with Gasteiger partial charge in [0.25, 0.3) is 0 Å². The SMILES string of the molecule is CC1=NN(C(=N)[Se])C(=O)C1. The Labute approximate surface area is 66.6 Å². The van der Waals surface area contributed by atoms with Crippen LogP contribution in [0.3, 0.4) is 0 Å². The first kappa shape index (κ1) is 7.44. The number of amidine groups is 1. The molecule has 5 heteroatoms. The minimum atomic E-state index is -0.138. The molecule has 4 nitrogen and oxygen atoms in total. The molecule has 1 aliphatic heterocycles. The fourth-order valence-corrected chi connectivity index (χ4v) is 1.01. The second-order valence-corrected chi connectivity index (χ2v) is 2.83. The van der Waals surface area contributed by atoms with Gasteiger partial charge < -0.3 is 0 Å². The van der Waals surface area contributed by atoms with Gasteiger partial charge in [-0.3, -0.25) is 0 Å². The summed E-state index contributed by atoms with van der Waals surface area (Å²) in [4.78, 5) is 10.9. The maximum atomic E-state index is 10.9. The van der Waals surface area contributed by atoms with Crippen LogP contribution in [0, 0.1) is 5.41 Å². The third-order valence-corrected chi connectivity index (χ3v) is 1.47. The van der Waals surface area contributed by atoms with E-state index in [1.54, 1.807) is 6.92 Å². The summed E-state index contributed by atoms with van der Waals surface area (Å²) in [5.74, 6) is -0.138. The number of hydrogen-bond acceptors (Lipinski definition) is 3. The van der Waals surface area contributed by atoms with E-state index in [0.29, 0.717) is 6.42 Å². The van der Waals surface area contributed by atoms with Crippen molar-refractivity contribution in [2.24, 2.45) is 5.10 Å². The number of amides is 1. The molecule has 0 spiro atoms. The van der Waals surface area contributed by atoms with Gasteiger partial charge in [-0.2, -0.15) is 0 Å². The molecule has 1 amide bonds. The van der Waals surface area contributed by atoms with Crippen molar-refractivity contribution >= 4 is 32.4 Å². The van der Waals surface area contributed by atoms with Crippen molar-refractivity contribution < 1.29 is 4.79 Å². The van der Waals surface area contributed by atoms with E-state index < -0.39 is 0 Å². The third kappa shape index (κ3) is 1.25. The summed E-state index contributed by atoms with van der Waals surface area (Å²) in [6.45, 7) is 1.76. The Morgan fingerprint density at radius 2 is 2.50 bits per heavy atom. The van der Waals surface area contributed by atoms with Crippen molar-refractivity contribution in [3.05, 3.63) is 0 Å². The van der Waals surface area contributed by atoms with Crippen LogP contribution in [-0.4, -0.2) is 37.4 Å². The van der Waals surface area contributed by atoms with Crippen LogP contribution in [-0.2, 0) is 4.79 Å². The van der Waals surface area contributed by atoms with Gasteiger partial charge in [0.1, 0.15) is 0 Å². The van der Waals surface area contributed by atoms with Crippen LogP contribution >= 0.6 is 0 Å². The molecule has 0 atom stereocenters. The predicted molar refractivity (Wildman–Crippen MR) is 38.1 cm³/mol. The van der Waals surface area contributed by atoms with Gasteiger partial charge in [-0.15, -0.1) is 0 Å². The molecule has 1 N–H and O–H groups in total. The van der Waals surface area contributed by atoms with Crippen molar-refractivity contribution in [3.8, 4) is 0 Å². The molecule has 53 valence electrons. The Bertz CT molecular complexity index is 223. The molecule has 1 rings (SSSR count). The molecule has 0 aliphatic carbocycles. The van der Waals surface area contributed by atoms with E-state index in [4.69, 9.17) is 5.41 Å². The standard InChI is InChI=1S/C5H6N3OSe/c1-3-2-4(9)8(7-3)5(6)10/h6H,2H2,1H3. The van der Waals surface area contributed by atoms with E-state index in [-0.39, 0.29) is 10.6 Å². The summed E-state index contributed by atoms with van der Waals surface area (Å²) in [5, 5.41) is 11.9. The van der Waals surface area contributed by atoms with Crippen molar-refractivity contribution in [2.75, 3.05) is 0 Å². The van der Waals surface area contributed by atoms with E-state index in [9.17, 15) is 4.79 Å². The molecule has 0 fully saturated rings. The first-order valence-electron chi connectivity index (χ1n) is 2.74. The number of rotatable bonds is 0. The fourth-order valence-electron chi connectivity index (χ4n) is 0.714. The minimum absolute atomic E-state index is 0.0573. The van der Waals surface area contributed by atoms with Crippen LogP contribution in [0.5, 0.6) is 0 Å². The number of hydrazone groups is 1. The number of carbonyl (C=O) groups excluding carboxylic acids is 1. The Morgan fingerprint density at radius 3 is 2.70 bits per heavy atom. The van der Waals surface area contributed by atoms with Gasteiger partial charge in [0.2, 0.25) is 0 Å². The van der Waals surface area contributed by atoms with Gasteiger partial charge in [0.05, 0.1) is 0 Å². The summed E-state index contributed by atoms with van der Waals surface area (Å²) in [6.07, 6.45) is 0.337. The molecule has 10 heavy (non-hydrogen) atoms. The first-order chi connectivity index (χ1) is 4.61. The average molecular weight is 203 g/mol. The van der Waals surface area contributed by atoms with Crippen LogP contribution in [0.15, 0.2) is 5.10 Å². The predicted octanol–water partition coefficient (Wildman–Crippen LogP) is -0.302. The van der Waals surface area contributed by atoms with Gasteiger partial charge in [0, 0.05) is 0 Å². The molecule has 0 unspecified atom stereocenters. The van der Waals surface area contributed by atoms with Crippen LogP contribution < -0.4 is 0 Å². The van der Waals surface area contributed by atoms with Crippen LogP contribution in [0.1, 0.15) is 13.3 Å². The van der Waals surface area contributed by atoms with Gasteiger partial charge in [-0.25, -0.2) is 0 Å². The fraction of sp³-hybridized carbons (Fsp3) is 0.400. The average Bonchev–Trinajstić information content (AvgIpc) is 2.10. The third-order valence-electron chi connectivity index (χ3n) is 1.11. The quantitative estimate of drug-likeness (QED) is 0.328. The van der Waals surface area contributed by atoms with Crippen molar-refractivity contribution in [2.45, 2.75) is 13.3 Å². The molecule has 1 heterocycles. The van der Waals surface area contributed by atoms with Crippen LogP contribution in [0.25, 0.3) is 0 Å². The van der Waals surface area contributed by atoms with E-state index in [1.807, 2.05) is 0 Å². The van der Waals surface area contributed by atoms with Crippen LogP contribution in [0.4, 0.5) is 0 Å². The zero-order chi connectivity index (χ0) is 7.72. The topological polar surface area (TPSA) is 56.5 Å². The van der Waals surface area contributed by atoms with Crippen LogP contribution in [0.2, 0.25) is 0 Å². The molecule has 0 aromatic heterocycles. The Morgan fingerprint density at radius 1 is 1.90 bits per heavy atom. The number of hydrogen-bond donors (Lipinski definition) is 1. The van der Waals surface area contributed by atoms with E-state index in [1.165, 1.54) is 0 Å². The summed E-state index contributed by atoms with van der Waals surface area (Å²) in [6, 6.07) is 0. The van der Waals surface area contributed by atoms with Crippen molar-refractivity contribution in [1.82, 2.24) is 5.01 Å². The van der Waals surface area contributed by atoms with E-state index in [2.05, 4.69) is 21.1 Å². The molecule has 0 saturated carbocycles. The second-order valence-electron chi connectivity index (χ2n) is 2.02. The summed E-state index contributed by atoms with van der Waals surface area (Å²) >= 11 is 2.41. The van der Waals surface area contributed by atoms with Gasteiger partial charge in [-0.05, 0) is 0 Å². The molecule has 0 bridgehead atoms. The molecule has 0 saturated heterocycles. The Hall–Kier alpha value is -0.671. The summed E-state index contributed by atoms with van der Waals surface area (Å²) in [5.41, 5.74) is 0.755. The van der Waals surface area contributed by atoms with E-state index in [0.717, 1.165) is 10.7 Å². The normalized spacial score (nSPS) is 17.5. The first-order valence-corrected chi connectivity index (χ1v) is 3.59. The molecular formula is C5H6N3OSe. The van der Waals surface area contributed by atoms with Crippen molar-refractivity contribution in [3.63, 3.8) is 0 Å². The molecule has 1 aliphatic rings. The van der Waals surface area contributed by atoms with E-state index >= 15 is 0 Å². The maximum absolute atomic E-state index is 10.9. The number of carbonyl (C=O) groups is 1. The zero-order valence-corrected chi connectivity index (χ0v) is 7.13. The Balaban J connectivity index is 2.79. The summed E-state index contributed by atoms with van der Waals surface area (Å²) in [7, 11) is 0. The van der Waals surface area contributed by atoms with Gasteiger partial charge in [-0.1, -0.05) is 0 Å². The monoisotopic (exact) mass is 204 g/mol. The van der Waals surface area contributed by atoms with Crippen molar-refractivity contribution in [1.29, 1.82) is 5.41 Å². The second kappa shape index (κ2) is 2.52. The Kier molecular flexibility index (Phi) is 1.87. The zero-order valence-electron chi connectivity index (χ0n) is 5.42. The van der Waals surface area contributed by atoms with Gasteiger partial charge in [0.15, 0.2) is 0 Å². The number of nitrogens with one attached hydrogen (secondary N) is 1. The molecule has 0 aromatic rings. The molecular weight excluding hydrogens is 197 g/mol. The number of nitrogens with zero attached hydrogens (tertiary/aromatic N) is 2. The molecule has 0 aromatic carbocycles. The summed E-state index contributed by atoms with van der Waals surface area (Å²) < 4.78 is 0.0573. The van der Waals surface area contributed by atoms with Gasteiger partial charge >= 0.3 is 66.0 Å².